The number of nitrogens with zero attached hydrogens (tertiary/aromatic N) is 1. The van der Waals surface area contributed by atoms with Crippen LogP contribution in [-0.2, 0) is 4.79 Å². The predicted molar refractivity (Wildman–Crippen MR) is 67.7 cm³/mol. The van der Waals surface area contributed by atoms with Gasteiger partial charge in [-0.2, -0.15) is 0 Å². The van der Waals surface area contributed by atoms with Crippen LogP contribution in [-0.4, -0.2) is 26.0 Å². The highest BCUT2D eigenvalue weighted by atomic mass is 16.1. The molecular weight excluding hydrogens is 202 g/mol. The van der Waals surface area contributed by atoms with Crippen molar-refractivity contribution in [1.82, 2.24) is 0 Å². The van der Waals surface area contributed by atoms with E-state index in [1.807, 2.05) is 50.2 Å². The van der Waals surface area contributed by atoms with Crippen molar-refractivity contribution in [3.05, 3.63) is 24.3 Å². The summed E-state index contributed by atoms with van der Waals surface area (Å²) in [6, 6.07) is 7.52. The molecular formula is C12H19N3O. The number of carbonyl (C=O) groups excluding carboxylic acids is 1. The first kappa shape index (κ1) is 12.4. The van der Waals surface area contributed by atoms with Crippen molar-refractivity contribution in [2.45, 2.75) is 19.4 Å². The Labute approximate surface area is 96.4 Å². The van der Waals surface area contributed by atoms with Gasteiger partial charge in [0.05, 0.1) is 11.4 Å². The Morgan fingerprint density at radius 2 is 2.06 bits per heavy atom. The Balaban J connectivity index is 2.91. The molecule has 16 heavy (non-hydrogen) atoms. The zero-order valence-electron chi connectivity index (χ0n) is 10.0. The van der Waals surface area contributed by atoms with E-state index < -0.39 is 0 Å². The monoisotopic (exact) mass is 221 g/mol. The number of hydrogen-bond acceptors (Lipinski definition) is 3. The number of hydrogen-bond donors (Lipinski definition) is 2. The molecule has 0 fully saturated rings. The maximum absolute atomic E-state index is 11.2. The molecule has 3 N–H and O–H groups in total. The van der Waals surface area contributed by atoms with Gasteiger partial charge in [0.15, 0.2) is 0 Å². The fourth-order valence-electron chi connectivity index (χ4n) is 1.55. The third-order valence-corrected chi connectivity index (χ3v) is 2.47. The van der Waals surface area contributed by atoms with Crippen LogP contribution in [0, 0.1) is 0 Å². The zero-order chi connectivity index (χ0) is 12.1. The molecule has 1 unspecified atom stereocenters. The molecule has 4 heteroatoms. The minimum Gasteiger partial charge on any atom is -0.376 e. The summed E-state index contributed by atoms with van der Waals surface area (Å²) in [5.74, 6) is -0.323. The summed E-state index contributed by atoms with van der Waals surface area (Å²) in [4.78, 5) is 13.2. The molecule has 1 rings (SSSR count). The average molecular weight is 221 g/mol. The number of nitrogens with two attached hydrogens (primary N) is 1. The Hall–Kier alpha value is -1.71. The molecule has 88 valence electrons. The molecule has 1 aromatic rings. The van der Waals surface area contributed by atoms with Crippen molar-refractivity contribution in [3.63, 3.8) is 0 Å². The number of para-hydroxylation sites is 2. The Morgan fingerprint density at radius 1 is 1.44 bits per heavy atom. The third-order valence-electron chi connectivity index (χ3n) is 2.47. The number of primary amides is 1. The Kier molecular flexibility index (Phi) is 4.17. The molecule has 0 saturated carbocycles. The van der Waals surface area contributed by atoms with Gasteiger partial charge >= 0.3 is 0 Å². The lowest BCUT2D eigenvalue weighted by atomic mass is 10.2. The predicted octanol–water partition coefficient (Wildman–Crippen LogP) is 1.43. The topological polar surface area (TPSA) is 58.4 Å². The molecule has 4 nitrogen and oxygen atoms in total. The van der Waals surface area contributed by atoms with Crippen LogP contribution in [0.1, 0.15) is 13.3 Å². The number of rotatable bonds is 5. The highest BCUT2D eigenvalue weighted by Gasteiger charge is 2.14. The molecule has 0 aliphatic heterocycles. The van der Waals surface area contributed by atoms with Gasteiger partial charge in [0.25, 0.3) is 0 Å². The maximum atomic E-state index is 11.2. The lowest BCUT2D eigenvalue weighted by Crippen LogP contribution is -2.35. The van der Waals surface area contributed by atoms with E-state index in [0.29, 0.717) is 6.42 Å². The molecule has 0 radical (unpaired) electrons. The number of nitrogens with one attached hydrogen (secondary N) is 1. The molecule has 0 heterocycles. The van der Waals surface area contributed by atoms with Crippen molar-refractivity contribution in [2.24, 2.45) is 5.73 Å². The van der Waals surface area contributed by atoms with Gasteiger partial charge in [0.2, 0.25) is 5.91 Å². The minimum absolute atomic E-state index is 0.318. The molecule has 1 atom stereocenters. The summed E-state index contributed by atoms with van der Waals surface area (Å²) in [7, 11) is 3.93. The van der Waals surface area contributed by atoms with Crippen molar-refractivity contribution < 1.29 is 4.79 Å². The first-order valence-electron chi connectivity index (χ1n) is 5.38. The first-order chi connectivity index (χ1) is 7.56. The molecule has 0 aliphatic carbocycles. The fourth-order valence-corrected chi connectivity index (χ4v) is 1.55. The van der Waals surface area contributed by atoms with Gasteiger partial charge in [-0.05, 0) is 18.6 Å². The van der Waals surface area contributed by atoms with Crippen LogP contribution in [0.15, 0.2) is 24.3 Å². The first-order valence-corrected chi connectivity index (χ1v) is 5.38. The number of anilines is 2. The van der Waals surface area contributed by atoms with Gasteiger partial charge in [-0.3, -0.25) is 4.79 Å². The van der Waals surface area contributed by atoms with Gasteiger partial charge < -0.3 is 16.0 Å². The van der Waals surface area contributed by atoms with Crippen LogP contribution in [0.5, 0.6) is 0 Å². The summed E-state index contributed by atoms with van der Waals surface area (Å²) < 4.78 is 0. The molecule has 0 saturated heterocycles. The summed E-state index contributed by atoms with van der Waals surface area (Å²) in [6.07, 6.45) is 0.678. The van der Waals surface area contributed by atoms with E-state index in [1.54, 1.807) is 0 Å². The third kappa shape index (κ3) is 2.89. The minimum atomic E-state index is -0.323. The van der Waals surface area contributed by atoms with Gasteiger partial charge in [0.1, 0.15) is 6.04 Å². The van der Waals surface area contributed by atoms with E-state index in [-0.39, 0.29) is 11.9 Å². The Morgan fingerprint density at radius 3 is 2.56 bits per heavy atom. The molecule has 0 bridgehead atoms. The number of amides is 1. The largest absolute Gasteiger partial charge is 0.376 e. The van der Waals surface area contributed by atoms with E-state index in [0.717, 1.165) is 11.4 Å². The van der Waals surface area contributed by atoms with E-state index in [2.05, 4.69) is 5.32 Å². The summed E-state index contributed by atoms with van der Waals surface area (Å²) >= 11 is 0. The van der Waals surface area contributed by atoms with Crippen LogP contribution in [0.3, 0.4) is 0 Å². The molecule has 1 aromatic carbocycles. The smallest absolute Gasteiger partial charge is 0.239 e. The van der Waals surface area contributed by atoms with Crippen molar-refractivity contribution in [1.29, 1.82) is 0 Å². The van der Waals surface area contributed by atoms with Gasteiger partial charge in [-0.1, -0.05) is 19.1 Å². The van der Waals surface area contributed by atoms with Gasteiger partial charge in [-0.15, -0.1) is 0 Å². The second-order valence-corrected chi connectivity index (χ2v) is 3.92. The van der Waals surface area contributed by atoms with Crippen molar-refractivity contribution in [3.8, 4) is 0 Å². The van der Waals surface area contributed by atoms with E-state index >= 15 is 0 Å². The number of carbonyl (C=O) groups is 1. The molecule has 1 amide bonds. The molecule has 0 spiro atoms. The van der Waals surface area contributed by atoms with Crippen LogP contribution >= 0.6 is 0 Å². The molecule has 0 aromatic heterocycles. The van der Waals surface area contributed by atoms with Crippen LogP contribution in [0.25, 0.3) is 0 Å². The standard InChI is InChI=1S/C12H19N3O/c1-4-9(12(13)16)14-10-7-5-6-8-11(10)15(2)3/h5-9,14H,4H2,1-3H3,(H2,13,16). The van der Waals surface area contributed by atoms with Gasteiger partial charge in [-0.25, -0.2) is 0 Å². The van der Waals surface area contributed by atoms with E-state index in [9.17, 15) is 4.79 Å². The maximum Gasteiger partial charge on any atom is 0.239 e. The van der Waals surface area contributed by atoms with Gasteiger partial charge in [0, 0.05) is 14.1 Å². The second-order valence-electron chi connectivity index (χ2n) is 3.92. The summed E-state index contributed by atoms with van der Waals surface area (Å²) in [5.41, 5.74) is 7.28. The molecule has 0 aliphatic rings. The zero-order valence-corrected chi connectivity index (χ0v) is 10.0. The summed E-state index contributed by atoms with van der Waals surface area (Å²) in [5, 5.41) is 3.16. The lowest BCUT2D eigenvalue weighted by molar-refractivity contribution is -0.118. The van der Waals surface area contributed by atoms with E-state index in [1.165, 1.54) is 0 Å². The van der Waals surface area contributed by atoms with Crippen LogP contribution < -0.4 is 16.0 Å². The van der Waals surface area contributed by atoms with Crippen molar-refractivity contribution >= 4 is 17.3 Å². The Bertz CT molecular complexity index is 363. The second kappa shape index (κ2) is 5.39. The highest BCUT2D eigenvalue weighted by Crippen LogP contribution is 2.24. The summed E-state index contributed by atoms with van der Waals surface area (Å²) in [6.45, 7) is 1.93. The van der Waals surface area contributed by atoms with Crippen LogP contribution in [0.2, 0.25) is 0 Å². The fraction of sp³-hybridized carbons (Fsp3) is 0.417. The van der Waals surface area contributed by atoms with Crippen molar-refractivity contribution in [2.75, 3.05) is 24.3 Å². The number of benzene rings is 1. The average Bonchev–Trinajstić information content (AvgIpc) is 2.25. The van der Waals surface area contributed by atoms with E-state index in [4.69, 9.17) is 5.73 Å². The SMILES string of the molecule is CCC(Nc1ccccc1N(C)C)C(N)=O. The quantitative estimate of drug-likeness (QED) is 0.790. The normalized spacial score (nSPS) is 11.9. The lowest BCUT2D eigenvalue weighted by Gasteiger charge is -2.21. The van der Waals surface area contributed by atoms with Crippen LogP contribution in [0.4, 0.5) is 11.4 Å². The highest BCUT2D eigenvalue weighted by molar-refractivity contribution is 5.84.